The van der Waals surface area contributed by atoms with Gasteiger partial charge in [0, 0.05) is 24.2 Å². The number of fused-ring (bicyclic) bond motifs is 3. The van der Waals surface area contributed by atoms with E-state index in [-0.39, 0.29) is 54.8 Å². The van der Waals surface area contributed by atoms with Crippen molar-refractivity contribution in [3.63, 3.8) is 0 Å². The van der Waals surface area contributed by atoms with Crippen LogP contribution in [0, 0.1) is 11.8 Å². The summed E-state index contributed by atoms with van der Waals surface area (Å²) in [4.78, 5) is 15.7. The molecule has 1 saturated carbocycles. The van der Waals surface area contributed by atoms with Crippen LogP contribution < -0.4 is 11.1 Å². The molecule has 162 valence electrons. The minimum absolute atomic E-state index is 0. The number of amides is 1. The molecule has 1 amide bonds. The van der Waals surface area contributed by atoms with Crippen molar-refractivity contribution in [3.8, 4) is 0 Å². The molecule has 6 heteroatoms. The van der Waals surface area contributed by atoms with E-state index in [0.29, 0.717) is 5.92 Å². The van der Waals surface area contributed by atoms with Crippen molar-refractivity contribution in [3.05, 3.63) is 65.7 Å². The molecule has 4 nitrogen and oxygen atoms in total. The van der Waals surface area contributed by atoms with Crippen molar-refractivity contribution in [1.82, 2.24) is 4.90 Å². The number of likely N-dealkylation sites (tertiary alicyclic amines) is 1. The number of nitrogens with one attached hydrogen (secondary N) is 1. The summed E-state index contributed by atoms with van der Waals surface area (Å²) < 4.78 is 0. The molecule has 3 N–H and O–H groups in total. The number of hydrogen-bond donors (Lipinski definition) is 2. The fraction of sp³-hybridized carbons (Fsp3) is 0.458. The number of anilines is 1. The molecule has 2 heterocycles. The van der Waals surface area contributed by atoms with Gasteiger partial charge in [0.25, 0.3) is 0 Å². The van der Waals surface area contributed by atoms with Crippen LogP contribution in [-0.4, -0.2) is 23.4 Å². The van der Waals surface area contributed by atoms with Crippen LogP contribution >= 0.6 is 24.8 Å². The lowest BCUT2D eigenvalue weighted by molar-refractivity contribution is -0.138. The van der Waals surface area contributed by atoms with Crippen molar-refractivity contribution in [1.29, 1.82) is 0 Å². The first-order valence-corrected chi connectivity index (χ1v) is 10.7. The van der Waals surface area contributed by atoms with Gasteiger partial charge in [0.05, 0.1) is 18.0 Å². The van der Waals surface area contributed by atoms with Crippen LogP contribution in [0.3, 0.4) is 0 Å². The largest absolute Gasteiger partial charge is 0.378 e. The zero-order valence-electron chi connectivity index (χ0n) is 17.1. The lowest BCUT2D eigenvalue weighted by Gasteiger charge is -2.41. The Hall–Kier alpha value is -1.75. The van der Waals surface area contributed by atoms with Gasteiger partial charge in [0.15, 0.2) is 0 Å². The number of rotatable bonds is 2. The van der Waals surface area contributed by atoms with Crippen LogP contribution in [0.1, 0.15) is 55.3 Å². The van der Waals surface area contributed by atoms with Crippen molar-refractivity contribution in [2.75, 3.05) is 11.9 Å². The molecule has 0 spiro atoms. The van der Waals surface area contributed by atoms with Crippen molar-refractivity contribution < 1.29 is 4.79 Å². The highest BCUT2D eigenvalue weighted by molar-refractivity contribution is 5.85. The standard InChI is InChI=1S/C24H29N3O.2ClH/c25-20-12-6-4-10-17(20)24(28)27-15-14-19-22(16-8-2-1-3-9-16)26-21-13-7-5-11-18(21)23(19)27;;/h1-3,5,7-9,11,13,17,19-20,22-23,26H,4,6,10,12,14-15,25H2;2*1H/t17-,19-,20+,22-,23-;;/m0../s1. The summed E-state index contributed by atoms with van der Waals surface area (Å²) in [6.07, 6.45) is 5.22. The Kier molecular flexibility index (Phi) is 7.33. The molecule has 2 aliphatic heterocycles. The van der Waals surface area contributed by atoms with Crippen LogP contribution in [0.5, 0.6) is 0 Å². The molecule has 1 aliphatic carbocycles. The second-order valence-corrected chi connectivity index (χ2v) is 8.60. The molecule has 5 rings (SSSR count). The third-order valence-corrected chi connectivity index (χ3v) is 7.04. The van der Waals surface area contributed by atoms with Crippen LogP contribution in [0.4, 0.5) is 5.69 Å². The van der Waals surface area contributed by atoms with Gasteiger partial charge in [-0.2, -0.15) is 0 Å². The van der Waals surface area contributed by atoms with Crippen molar-refractivity contribution in [2.45, 2.75) is 50.2 Å². The quantitative estimate of drug-likeness (QED) is 0.672. The van der Waals surface area contributed by atoms with E-state index < -0.39 is 0 Å². The Balaban J connectivity index is 0.00000128. The lowest BCUT2D eigenvalue weighted by atomic mass is 9.79. The summed E-state index contributed by atoms with van der Waals surface area (Å²) in [6, 6.07) is 19.6. The van der Waals surface area contributed by atoms with Crippen LogP contribution in [0.25, 0.3) is 0 Å². The average molecular weight is 448 g/mol. The lowest BCUT2D eigenvalue weighted by Crippen LogP contribution is -2.46. The Labute approximate surface area is 191 Å². The number of carbonyl (C=O) groups excluding carboxylic acids is 1. The molecule has 1 saturated heterocycles. The number of para-hydroxylation sites is 1. The average Bonchev–Trinajstić information content (AvgIpc) is 3.19. The molecule has 0 unspecified atom stereocenters. The molecule has 2 aromatic rings. The first kappa shape index (κ1) is 22.9. The normalized spacial score (nSPS) is 29.5. The number of nitrogens with zero attached hydrogens (tertiary/aromatic N) is 1. The van der Waals surface area contributed by atoms with E-state index in [9.17, 15) is 4.79 Å². The Morgan fingerprint density at radius 3 is 2.40 bits per heavy atom. The van der Waals surface area contributed by atoms with E-state index in [1.54, 1.807) is 0 Å². The van der Waals surface area contributed by atoms with Crippen LogP contribution in [-0.2, 0) is 4.79 Å². The monoisotopic (exact) mass is 447 g/mol. The van der Waals surface area contributed by atoms with E-state index >= 15 is 0 Å². The molecule has 2 aromatic carbocycles. The number of benzene rings is 2. The van der Waals surface area contributed by atoms with Gasteiger partial charge in [-0.3, -0.25) is 4.79 Å². The maximum atomic E-state index is 13.5. The Bertz CT molecular complexity index is 863. The molecular weight excluding hydrogens is 417 g/mol. The fourth-order valence-corrected chi connectivity index (χ4v) is 5.64. The summed E-state index contributed by atoms with van der Waals surface area (Å²) >= 11 is 0. The SMILES string of the molecule is Cl.Cl.N[C@@H]1CCCC[C@@H]1C(=O)N1CC[C@H]2[C@H](c3ccccc3)Nc3ccccc3[C@@H]21. The minimum Gasteiger partial charge on any atom is -0.378 e. The summed E-state index contributed by atoms with van der Waals surface area (Å²) in [5.74, 6) is 0.661. The van der Waals surface area contributed by atoms with Gasteiger partial charge in [-0.15, -0.1) is 24.8 Å². The first-order chi connectivity index (χ1) is 13.7. The molecule has 0 aromatic heterocycles. The highest BCUT2D eigenvalue weighted by atomic mass is 35.5. The summed E-state index contributed by atoms with van der Waals surface area (Å²) in [7, 11) is 0. The highest BCUT2D eigenvalue weighted by Gasteiger charge is 2.47. The Morgan fingerprint density at radius 2 is 1.63 bits per heavy atom. The van der Waals surface area contributed by atoms with Gasteiger partial charge in [-0.05, 0) is 36.5 Å². The number of nitrogens with two attached hydrogens (primary N) is 1. The number of hydrogen-bond acceptors (Lipinski definition) is 3. The molecule has 0 bridgehead atoms. The topological polar surface area (TPSA) is 58.4 Å². The van der Waals surface area contributed by atoms with Crippen molar-refractivity contribution in [2.24, 2.45) is 17.6 Å². The fourth-order valence-electron chi connectivity index (χ4n) is 5.64. The van der Waals surface area contributed by atoms with Crippen molar-refractivity contribution >= 4 is 36.4 Å². The predicted octanol–water partition coefficient (Wildman–Crippen LogP) is 5.10. The molecule has 3 aliphatic rings. The molecule has 5 atom stereocenters. The number of carbonyl (C=O) groups is 1. The minimum atomic E-state index is -0.00952. The van der Waals surface area contributed by atoms with E-state index in [0.717, 1.165) is 44.3 Å². The van der Waals surface area contributed by atoms with Gasteiger partial charge in [-0.25, -0.2) is 0 Å². The second kappa shape index (κ2) is 9.59. The molecular formula is C24H31Cl2N3O. The van der Waals surface area contributed by atoms with E-state index in [2.05, 4.69) is 64.8 Å². The van der Waals surface area contributed by atoms with Gasteiger partial charge in [0.1, 0.15) is 0 Å². The molecule has 0 radical (unpaired) electrons. The van der Waals surface area contributed by atoms with Gasteiger partial charge in [0.2, 0.25) is 5.91 Å². The number of halogens is 2. The summed E-state index contributed by atoms with van der Waals surface area (Å²) in [5.41, 5.74) is 10.1. The first-order valence-electron chi connectivity index (χ1n) is 10.7. The highest BCUT2D eigenvalue weighted by Crippen LogP contribution is 2.51. The van der Waals surface area contributed by atoms with Gasteiger partial charge < -0.3 is 16.0 Å². The van der Waals surface area contributed by atoms with E-state index in [1.165, 1.54) is 11.1 Å². The summed E-state index contributed by atoms with van der Waals surface area (Å²) in [5, 5.41) is 3.77. The Morgan fingerprint density at radius 1 is 0.933 bits per heavy atom. The van der Waals surface area contributed by atoms with E-state index in [4.69, 9.17) is 5.73 Å². The van der Waals surface area contributed by atoms with E-state index in [1.807, 2.05) is 0 Å². The maximum absolute atomic E-state index is 13.5. The molecule has 30 heavy (non-hydrogen) atoms. The van der Waals surface area contributed by atoms with Crippen LogP contribution in [0.15, 0.2) is 54.6 Å². The smallest absolute Gasteiger partial charge is 0.227 e. The predicted molar refractivity (Wildman–Crippen MR) is 126 cm³/mol. The molecule has 2 fully saturated rings. The third-order valence-electron chi connectivity index (χ3n) is 7.04. The summed E-state index contributed by atoms with van der Waals surface area (Å²) in [6.45, 7) is 0.830. The van der Waals surface area contributed by atoms with Gasteiger partial charge >= 0.3 is 0 Å². The zero-order chi connectivity index (χ0) is 19.1. The zero-order valence-corrected chi connectivity index (χ0v) is 18.7. The second-order valence-electron chi connectivity index (χ2n) is 8.60. The maximum Gasteiger partial charge on any atom is 0.227 e. The van der Waals surface area contributed by atoms with Gasteiger partial charge in [-0.1, -0.05) is 61.4 Å². The third kappa shape index (κ3) is 3.93. The van der Waals surface area contributed by atoms with Crippen LogP contribution in [0.2, 0.25) is 0 Å².